The molecule has 100 valence electrons. The minimum absolute atomic E-state index is 0.587. The highest BCUT2D eigenvalue weighted by molar-refractivity contribution is 7.99. The van der Waals surface area contributed by atoms with Crippen LogP contribution in [0.2, 0.25) is 0 Å². The molecule has 1 unspecified atom stereocenters. The van der Waals surface area contributed by atoms with E-state index in [1.165, 1.54) is 41.1 Å². The van der Waals surface area contributed by atoms with E-state index in [1.807, 2.05) is 0 Å². The molecule has 1 fully saturated rings. The number of thioether (sulfide) groups is 1. The second-order valence-corrected chi connectivity index (χ2v) is 7.03. The molecule has 2 nitrogen and oxygen atoms in total. The van der Waals surface area contributed by atoms with E-state index in [-0.39, 0.29) is 0 Å². The van der Waals surface area contributed by atoms with E-state index in [2.05, 4.69) is 41.4 Å². The Kier molecular flexibility index (Phi) is 4.21. The Bertz CT molecular complexity index is 545. The van der Waals surface area contributed by atoms with E-state index in [9.17, 15) is 0 Å². The first-order chi connectivity index (χ1) is 9.36. The molecule has 1 aliphatic rings. The summed E-state index contributed by atoms with van der Waals surface area (Å²) >= 11 is 3.86. The van der Waals surface area contributed by atoms with Crippen LogP contribution in [-0.4, -0.2) is 10.7 Å². The molecule has 0 amide bonds. The molecule has 0 spiro atoms. The highest BCUT2D eigenvalue weighted by atomic mass is 32.2. The Hall–Kier alpha value is -0.840. The fraction of sp³-hybridized carbons (Fsp3) is 0.400. The molecule has 1 atom stereocenters. The average Bonchev–Trinajstić information content (AvgIpc) is 2.98. The van der Waals surface area contributed by atoms with Gasteiger partial charge in [0, 0.05) is 17.5 Å². The van der Waals surface area contributed by atoms with Gasteiger partial charge in [-0.2, -0.15) is 11.8 Å². The summed E-state index contributed by atoms with van der Waals surface area (Å²) < 4.78 is 0. The van der Waals surface area contributed by atoms with Crippen molar-refractivity contribution < 1.29 is 0 Å². The smallest absolute Gasteiger partial charge is 0.106 e. The van der Waals surface area contributed by atoms with Gasteiger partial charge in [0.15, 0.2) is 0 Å². The van der Waals surface area contributed by atoms with Crippen LogP contribution in [0.15, 0.2) is 29.6 Å². The van der Waals surface area contributed by atoms with Gasteiger partial charge in [-0.25, -0.2) is 4.98 Å². The number of aromatic nitrogens is 1. The topological polar surface area (TPSA) is 38.9 Å². The van der Waals surface area contributed by atoms with Gasteiger partial charge in [0.1, 0.15) is 5.01 Å². The van der Waals surface area contributed by atoms with Crippen molar-refractivity contribution in [1.82, 2.24) is 4.98 Å². The number of thiazole rings is 1. The van der Waals surface area contributed by atoms with Crippen molar-refractivity contribution in [2.75, 3.05) is 5.75 Å². The molecular formula is C15H18N2S2. The number of nitrogens with two attached hydrogens (primary N) is 1. The fourth-order valence-electron chi connectivity index (χ4n) is 2.36. The van der Waals surface area contributed by atoms with E-state index in [1.54, 1.807) is 11.3 Å². The van der Waals surface area contributed by atoms with Crippen molar-refractivity contribution >= 4 is 23.1 Å². The van der Waals surface area contributed by atoms with Gasteiger partial charge in [-0.15, -0.1) is 11.3 Å². The summed E-state index contributed by atoms with van der Waals surface area (Å²) in [5, 5.41) is 4.09. The Balaban J connectivity index is 1.83. The molecule has 0 bridgehead atoms. The molecule has 2 aromatic rings. The molecule has 19 heavy (non-hydrogen) atoms. The lowest BCUT2D eigenvalue weighted by molar-refractivity contribution is 0.684. The van der Waals surface area contributed by atoms with Crippen LogP contribution in [0.25, 0.3) is 11.3 Å². The quantitative estimate of drug-likeness (QED) is 0.919. The first kappa shape index (κ1) is 13.2. The van der Waals surface area contributed by atoms with Crippen LogP contribution < -0.4 is 5.73 Å². The monoisotopic (exact) mass is 290 g/mol. The standard InChI is InChI=1S/C15H18N2S2/c16-9-11-4-3-5-12(8-11)13-10-19-15(17-13)14-6-1-2-7-18-14/h3-5,8,10,14H,1-2,6-7,9,16H2. The van der Waals surface area contributed by atoms with E-state index < -0.39 is 0 Å². The number of hydrogen-bond acceptors (Lipinski definition) is 4. The zero-order valence-electron chi connectivity index (χ0n) is 10.8. The minimum atomic E-state index is 0.587. The molecule has 2 heterocycles. The Morgan fingerprint density at radius 3 is 3.05 bits per heavy atom. The maximum atomic E-state index is 5.70. The van der Waals surface area contributed by atoms with E-state index in [0.717, 1.165) is 5.69 Å². The summed E-state index contributed by atoms with van der Waals surface area (Å²) in [4.78, 5) is 4.84. The molecular weight excluding hydrogens is 272 g/mol. The predicted molar refractivity (Wildman–Crippen MR) is 84.5 cm³/mol. The Morgan fingerprint density at radius 2 is 2.26 bits per heavy atom. The third kappa shape index (κ3) is 3.02. The molecule has 4 heteroatoms. The molecule has 2 N–H and O–H groups in total. The lowest BCUT2D eigenvalue weighted by Gasteiger charge is -2.18. The highest BCUT2D eigenvalue weighted by Crippen LogP contribution is 2.40. The van der Waals surface area contributed by atoms with Gasteiger partial charge in [-0.1, -0.05) is 24.6 Å². The van der Waals surface area contributed by atoms with Crippen LogP contribution >= 0.6 is 23.1 Å². The first-order valence-corrected chi connectivity index (χ1v) is 8.66. The minimum Gasteiger partial charge on any atom is -0.326 e. The van der Waals surface area contributed by atoms with Crippen LogP contribution in [0.3, 0.4) is 0 Å². The largest absolute Gasteiger partial charge is 0.326 e. The van der Waals surface area contributed by atoms with Crippen molar-refractivity contribution in [3.8, 4) is 11.3 Å². The summed E-state index contributed by atoms with van der Waals surface area (Å²) in [6.45, 7) is 0.587. The van der Waals surface area contributed by atoms with Gasteiger partial charge >= 0.3 is 0 Å². The number of benzene rings is 1. The van der Waals surface area contributed by atoms with Gasteiger partial charge in [0.2, 0.25) is 0 Å². The third-order valence-corrected chi connectivity index (χ3v) is 5.93. The van der Waals surface area contributed by atoms with Gasteiger partial charge < -0.3 is 5.73 Å². The molecule has 0 saturated carbocycles. The second kappa shape index (κ2) is 6.07. The maximum Gasteiger partial charge on any atom is 0.106 e. The normalized spacial score (nSPS) is 19.5. The molecule has 0 aliphatic carbocycles. The summed E-state index contributed by atoms with van der Waals surface area (Å²) in [6.07, 6.45) is 3.98. The van der Waals surface area contributed by atoms with E-state index in [0.29, 0.717) is 11.8 Å². The van der Waals surface area contributed by atoms with E-state index >= 15 is 0 Å². The number of rotatable bonds is 3. The summed E-state index contributed by atoms with van der Waals surface area (Å²) in [5.74, 6) is 1.28. The van der Waals surface area contributed by atoms with Crippen LogP contribution in [-0.2, 0) is 6.54 Å². The number of nitrogens with zero attached hydrogens (tertiary/aromatic N) is 1. The molecule has 0 radical (unpaired) electrons. The van der Waals surface area contributed by atoms with Crippen LogP contribution in [0.5, 0.6) is 0 Å². The second-order valence-electron chi connectivity index (χ2n) is 4.83. The third-order valence-electron chi connectivity index (χ3n) is 3.44. The van der Waals surface area contributed by atoms with Crippen molar-refractivity contribution in [1.29, 1.82) is 0 Å². The maximum absolute atomic E-state index is 5.70. The summed E-state index contributed by atoms with van der Waals surface area (Å²) in [6, 6.07) is 8.39. The van der Waals surface area contributed by atoms with Crippen LogP contribution in [0.1, 0.15) is 35.1 Å². The van der Waals surface area contributed by atoms with Gasteiger partial charge in [-0.05, 0) is 30.2 Å². The fourth-order valence-corrected chi connectivity index (χ4v) is 4.76. The zero-order chi connectivity index (χ0) is 13.1. The molecule has 3 rings (SSSR count). The van der Waals surface area contributed by atoms with Crippen LogP contribution in [0, 0.1) is 0 Å². The van der Waals surface area contributed by atoms with Crippen molar-refractivity contribution in [3.63, 3.8) is 0 Å². The predicted octanol–water partition coefficient (Wildman–Crippen LogP) is 4.23. The Morgan fingerprint density at radius 1 is 1.32 bits per heavy atom. The van der Waals surface area contributed by atoms with Gasteiger partial charge in [0.05, 0.1) is 10.9 Å². The summed E-state index contributed by atoms with van der Waals surface area (Å²) in [7, 11) is 0. The molecule has 1 aromatic carbocycles. The van der Waals surface area contributed by atoms with E-state index in [4.69, 9.17) is 10.7 Å². The van der Waals surface area contributed by atoms with Crippen molar-refractivity contribution in [2.24, 2.45) is 5.73 Å². The van der Waals surface area contributed by atoms with Crippen LogP contribution in [0.4, 0.5) is 0 Å². The molecule has 1 aliphatic heterocycles. The number of hydrogen-bond donors (Lipinski definition) is 1. The lowest BCUT2D eigenvalue weighted by atomic mass is 10.1. The summed E-state index contributed by atoms with van der Waals surface area (Å²) in [5.41, 5.74) is 9.15. The first-order valence-electron chi connectivity index (χ1n) is 6.73. The SMILES string of the molecule is NCc1cccc(-c2csc(C3CCCCS3)n2)c1. The van der Waals surface area contributed by atoms with Gasteiger partial charge in [-0.3, -0.25) is 0 Å². The Labute approximate surface area is 122 Å². The average molecular weight is 290 g/mol. The highest BCUT2D eigenvalue weighted by Gasteiger charge is 2.19. The molecule has 1 aromatic heterocycles. The van der Waals surface area contributed by atoms with Crippen molar-refractivity contribution in [2.45, 2.75) is 31.1 Å². The van der Waals surface area contributed by atoms with Gasteiger partial charge in [0.25, 0.3) is 0 Å². The van der Waals surface area contributed by atoms with Crippen molar-refractivity contribution in [3.05, 3.63) is 40.2 Å². The molecule has 1 saturated heterocycles. The zero-order valence-corrected chi connectivity index (χ0v) is 12.5. The lowest BCUT2D eigenvalue weighted by Crippen LogP contribution is -2.01.